The number of aryl methyl sites for hydroxylation is 2. The third-order valence-electron chi connectivity index (χ3n) is 7.84. The van der Waals surface area contributed by atoms with E-state index in [1.54, 1.807) is 4.57 Å². The topological polar surface area (TPSA) is 119 Å². The second-order valence-corrected chi connectivity index (χ2v) is 11.8. The van der Waals surface area contributed by atoms with Gasteiger partial charge in [-0.15, -0.1) is 21.5 Å². The summed E-state index contributed by atoms with van der Waals surface area (Å²) in [6.07, 6.45) is -0.605. The van der Waals surface area contributed by atoms with Crippen LogP contribution in [0.1, 0.15) is 64.6 Å². The van der Waals surface area contributed by atoms with Crippen molar-refractivity contribution in [1.29, 1.82) is 0 Å². The Morgan fingerprint density at radius 3 is 2.67 bits per heavy atom. The fourth-order valence-corrected chi connectivity index (χ4v) is 6.51. The highest BCUT2D eigenvalue weighted by Crippen LogP contribution is 2.43. The molecule has 3 aromatic heterocycles. The largest absolute Gasteiger partial charge is 0.352 e. The summed E-state index contributed by atoms with van der Waals surface area (Å²) < 4.78 is 56.1. The average Bonchev–Trinajstić information content (AvgIpc) is 3.23. The normalized spacial score (nSPS) is 25.3. The van der Waals surface area contributed by atoms with Gasteiger partial charge >= 0.3 is 0 Å². The molecular weight excluding hydrogens is 552 g/mol. The van der Waals surface area contributed by atoms with Crippen LogP contribution in [0.3, 0.4) is 0 Å². The molecule has 3 aliphatic rings. The lowest BCUT2D eigenvalue weighted by atomic mass is 9.83. The maximum atomic E-state index is 13.4. The molecule has 0 bridgehead atoms. The summed E-state index contributed by atoms with van der Waals surface area (Å²) in [6, 6.07) is 1.07. The van der Waals surface area contributed by atoms with Crippen LogP contribution in [0.25, 0.3) is 0 Å². The number of rotatable bonds is 9. The Hall–Kier alpha value is -3.49. The van der Waals surface area contributed by atoms with E-state index in [9.17, 15) is 27.2 Å². The summed E-state index contributed by atoms with van der Waals surface area (Å²) in [5, 5.41) is 21.0. The van der Waals surface area contributed by atoms with Gasteiger partial charge in [-0.3, -0.25) is 18.8 Å². The monoisotopic (exact) mass is 580 g/mol. The number of nitrogens with zero attached hydrogens (tertiary/aromatic N) is 5. The van der Waals surface area contributed by atoms with Crippen molar-refractivity contribution in [3.63, 3.8) is 0 Å². The lowest BCUT2D eigenvalue weighted by molar-refractivity contribution is -0.124. The Balaban J connectivity index is 1.25. The molecule has 2 saturated carbocycles. The van der Waals surface area contributed by atoms with E-state index in [2.05, 4.69) is 31.2 Å². The Morgan fingerprint density at radius 2 is 2.00 bits per heavy atom. The fraction of sp³-hybridized carbons (Fsp3) is 0.560. The van der Waals surface area contributed by atoms with E-state index < -0.39 is 24.7 Å². The van der Waals surface area contributed by atoms with Gasteiger partial charge in [-0.1, -0.05) is 0 Å². The molecule has 1 unspecified atom stereocenters. The van der Waals surface area contributed by atoms with Gasteiger partial charge in [-0.2, -0.15) is 5.10 Å². The molecule has 3 atom stereocenters. The first-order valence-corrected chi connectivity index (χ1v) is 14.0. The van der Waals surface area contributed by atoms with E-state index in [0.29, 0.717) is 48.0 Å². The van der Waals surface area contributed by atoms with Gasteiger partial charge in [0.25, 0.3) is 12.3 Å². The molecule has 0 aromatic carbocycles. The highest BCUT2D eigenvalue weighted by molar-refractivity contribution is 7.17. The maximum Gasteiger partial charge on any atom is 0.282 e. The SMILES string of the molecule is Cn1nc(C(F)F)cc1Nc1nncn1[C@H]1CCc2sc(NC(=O)C3CC(F)C3)c(C(=O)NCC3C[C@@H]3F)c2C1. The number of alkyl halides is 4. The number of halogens is 4. The molecule has 2 amide bonds. The predicted octanol–water partition coefficient (Wildman–Crippen LogP) is 4.26. The molecule has 3 N–H and O–H groups in total. The molecule has 3 heterocycles. The van der Waals surface area contributed by atoms with Crippen molar-refractivity contribution in [2.75, 3.05) is 17.2 Å². The fourth-order valence-electron chi connectivity index (χ4n) is 5.27. The number of thiophene rings is 1. The van der Waals surface area contributed by atoms with Crippen LogP contribution in [0.4, 0.5) is 34.3 Å². The highest BCUT2D eigenvalue weighted by atomic mass is 32.1. The lowest BCUT2D eigenvalue weighted by Crippen LogP contribution is -2.36. The molecule has 10 nitrogen and oxygen atoms in total. The smallest absolute Gasteiger partial charge is 0.282 e. The van der Waals surface area contributed by atoms with Crippen LogP contribution >= 0.6 is 11.3 Å². The summed E-state index contributed by atoms with van der Waals surface area (Å²) >= 11 is 1.34. The summed E-state index contributed by atoms with van der Waals surface area (Å²) in [4.78, 5) is 27.1. The minimum atomic E-state index is -2.72. The van der Waals surface area contributed by atoms with Crippen LogP contribution in [0, 0.1) is 11.8 Å². The second kappa shape index (κ2) is 10.5. The van der Waals surface area contributed by atoms with Gasteiger partial charge in [-0.05, 0) is 44.1 Å². The standard InChI is InChI=1S/C25H28F4N8O2S/c1-36-19(8-17(35-36)21(28)29)32-25-34-31-10-37(25)14-2-3-18-15(7-14)20(23(39)30-9-12-6-16(12)27)24(40-18)33-22(38)11-4-13(26)5-11/h8,10-14,16,21H,2-7,9H2,1H3,(H,30,39)(H,32,34)(H,33,38)/t11?,12?,13?,14-,16-/m0/s1. The lowest BCUT2D eigenvalue weighted by Gasteiger charge is -2.28. The van der Waals surface area contributed by atoms with Crippen LogP contribution in [-0.2, 0) is 24.7 Å². The zero-order valence-corrected chi connectivity index (χ0v) is 22.4. The van der Waals surface area contributed by atoms with Crippen molar-refractivity contribution in [1.82, 2.24) is 29.9 Å². The van der Waals surface area contributed by atoms with Crippen molar-refractivity contribution < 1.29 is 27.2 Å². The average molecular weight is 581 g/mol. The van der Waals surface area contributed by atoms with Crippen molar-refractivity contribution in [3.8, 4) is 0 Å². The number of anilines is 3. The van der Waals surface area contributed by atoms with Gasteiger partial charge < -0.3 is 16.0 Å². The first-order chi connectivity index (χ1) is 19.2. The van der Waals surface area contributed by atoms with Gasteiger partial charge in [0, 0.05) is 42.4 Å². The molecule has 0 saturated heterocycles. The van der Waals surface area contributed by atoms with Crippen molar-refractivity contribution >= 4 is 39.9 Å². The summed E-state index contributed by atoms with van der Waals surface area (Å²) in [6.45, 7) is 0.207. The number of carbonyl (C=O) groups is 2. The van der Waals surface area contributed by atoms with Crippen LogP contribution in [-0.4, -0.2) is 55.2 Å². The molecule has 15 heteroatoms. The molecule has 3 aromatic rings. The highest BCUT2D eigenvalue weighted by Gasteiger charge is 2.39. The molecule has 214 valence electrons. The minimum absolute atomic E-state index is 0.166. The number of amides is 2. The van der Waals surface area contributed by atoms with E-state index in [4.69, 9.17) is 0 Å². The van der Waals surface area contributed by atoms with Gasteiger partial charge in [-0.25, -0.2) is 17.6 Å². The molecule has 0 spiro atoms. The Kier molecular flexibility index (Phi) is 7.00. The van der Waals surface area contributed by atoms with Gasteiger partial charge in [0.15, 0.2) is 0 Å². The molecule has 2 fully saturated rings. The van der Waals surface area contributed by atoms with Gasteiger partial charge in [0.1, 0.15) is 35.2 Å². The zero-order chi connectivity index (χ0) is 28.1. The van der Waals surface area contributed by atoms with E-state index >= 15 is 0 Å². The van der Waals surface area contributed by atoms with Gasteiger partial charge in [0.2, 0.25) is 11.9 Å². The minimum Gasteiger partial charge on any atom is -0.352 e. The predicted molar refractivity (Wildman–Crippen MR) is 138 cm³/mol. The van der Waals surface area contributed by atoms with E-state index in [0.717, 1.165) is 10.4 Å². The maximum absolute atomic E-state index is 13.4. The number of nitrogens with one attached hydrogen (secondary N) is 3. The molecule has 3 aliphatic carbocycles. The first kappa shape index (κ1) is 26.7. The van der Waals surface area contributed by atoms with Crippen LogP contribution in [0.5, 0.6) is 0 Å². The van der Waals surface area contributed by atoms with Crippen molar-refractivity contribution in [2.45, 2.75) is 63.3 Å². The van der Waals surface area contributed by atoms with E-state index in [1.807, 2.05) is 0 Å². The Bertz CT molecular complexity index is 1430. The summed E-state index contributed by atoms with van der Waals surface area (Å²) in [7, 11) is 1.54. The van der Waals surface area contributed by atoms with Crippen LogP contribution in [0.2, 0.25) is 0 Å². The number of carbonyl (C=O) groups excluding carboxylic acids is 2. The molecular formula is C25H28F4N8O2S. The number of hydrogen-bond acceptors (Lipinski definition) is 7. The molecule has 0 radical (unpaired) electrons. The van der Waals surface area contributed by atoms with Crippen molar-refractivity contribution in [3.05, 3.63) is 34.1 Å². The second-order valence-electron chi connectivity index (χ2n) is 10.6. The summed E-state index contributed by atoms with van der Waals surface area (Å²) in [5.74, 6) is -0.682. The Morgan fingerprint density at radius 1 is 1.23 bits per heavy atom. The number of aromatic nitrogens is 5. The third-order valence-corrected chi connectivity index (χ3v) is 9.05. The van der Waals surface area contributed by atoms with Crippen molar-refractivity contribution in [2.24, 2.45) is 18.9 Å². The zero-order valence-electron chi connectivity index (χ0n) is 21.5. The molecule has 6 rings (SSSR count). The van der Waals surface area contributed by atoms with Crippen LogP contribution < -0.4 is 16.0 Å². The first-order valence-electron chi connectivity index (χ1n) is 13.2. The summed E-state index contributed by atoms with van der Waals surface area (Å²) in [5.41, 5.74) is 0.760. The molecule has 0 aliphatic heterocycles. The van der Waals surface area contributed by atoms with Gasteiger partial charge in [0.05, 0.1) is 5.56 Å². The molecule has 40 heavy (non-hydrogen) atoms. The number of fused-ring (bicyclic) bond motifs is 1. The number of hydrogen-bond donors (Lipinski definition) is 3. The van der Waals surface area contributed by atoms with E-state index in [-0.39, 0.29) is 48.9 Å². The van der Waals surface area contributed by atoms with E-state index in [1.165, 1.54) is 35.5 Å². The Labute approximate surface area is 230 Å². The van der Waals surface area contributed by atoms with Crippen LogP contribution in [0.15, 0.2) is 12.4 Å². The quantitative estimate of drug-likeness (QED) is 0.326. The third kappa shape index (κ3) is 5.18.